The van der Waals surface area contributed by atoms with E-state index in [-0.39, 0.29) is 12.0 Å². The lowest BCUT2D eigenvalue weighted by atomic mass is 9.75. The van der Waals surface area contributed by atoms with Crippen molar-refractivity contribution in [2.24, 2.45) is 5.41 Å². The average molecular weight is 269 g/mol. The fourth-order valence-electron chi connectivity index (χ4n) is 2.72. The number of aryl methyl sites for hydroxylation is 1. The van der Waals surface area contributed by atoms with Crippen LogP contribution in [0.25, 0.3) is 0 Å². The molecule has 0 saturated carbocycles. The van der Waals surface area contributed by atoms with Gasteiger partial charge in [0.05, 0.1) is 6.61 Å². The molecule has 1 aliphatic heterocycles. The van der Waals surface area contributed by atoms with Gasteiger partial charge in [-0.2, -0.15) is 8.78 Å². The topological polar surface area (TPSA) is 21.3 Å². The quantitative estimate of drug-likeness (QED) is 0.856. The minimum Gasteiger partial charge on any atom is -0.322 e. The lowest BCUT2D eigenvalue weighted by Gasteiger charge is -2.37. The first-order valence-corrected chi connectivity index (χ1v) is 6.85. The summed E-state index contributed by atoms with van der Waals surface area (Å²) in [5.41, 5.74) is 1.16. The molecule has 1 aromatic rings. The van der Waals surface area contributed by atoms with Gasteiger partial charge in [-0.3, -0.25) is 0 Å². The number of halogens is 2. The average Bonchev–Trinajstić information content (AvgIpc) is 2.45. The fourth-order valence-corrected chi connectivity index (χ4v) is 2.72. The van der Waals surface area contributed by atoms with Crippen molar-refractivity contribution >= 4 is 0 Å². The summed E-state index contributed by atoms with van der Waals surface area (Å²) in [5, 5.41) is 3.28. The summed E-state index contributed by atoms with van der Waals surface area (Å²) in [5.74, 6) is 0. The van der Waals surface area contributed by atoms with Crippen LogP contribution in [0.3, 0.4) is 0 Å². The van der Waals surface area contributed by atoms with Gasteiger partial charge in [0.1, 0.15) is 0 Å². The molecule has 4 heteroatoms. The van der Waals surface area contributed by atoms with Crippen LogP contribution in [0.5, 0.6) is 0 Å². The molecule has 2 nitrogen and oxygen atoms in total. The second kappa shape index (κ2) is 6.96. The summed E-state index contributed by atoms with van der Waals surface area (Å²) >= 11 is 0. The smallest absolute Gasteiger partial charge is 0.322 e. The zero-order valence-electron chi connectivity index (χ0n) is 11.1. The summed E-state index contributed by atoms with van der Waals surface area (Å²) in [6.07, 6.45) is 3.65. The number of hydrogen-bond acceptors (Lipinski definition) is 2. The molecule has 1 saturated heterocycles. The number of nitrogens with one attached hydrogen (secondary N) is 1. The van der Waals surface area contributed by atoms with Crippen LogP contribution in [0, 0.1) is 5.41 Å². The third-order valence-corrected chi connectivity index (χ3v) is 3.97. The molecular weight excluding hydrogens is 248 g/mol. The van der Waals surface area contributed by atoms with Crippen molar-refractivity contribution in [1.29, 1.82) is 0 Å². The monoisotopic (exact) mass is 269 g/mol. The Morgan fingerprint density at radius 3 is 2.47 bits per heavy atom. The molecule has 0 spiro atoms. The molecule has 0 atom stereocenters. The van der Waals surface area contributed by atoms with Crippen LogP contribution in [-0.2, 0) is 11.2 Å². The lowest BCUT2D eigenvalue weighted by molar-refractivity contribution is -0.156. The van der Waals surface area contributed by atoms with Crippen molar-refractivity contribution in [2.75, 3.05) is 19.7 Å². The minimum atomic E-state index is -2.66. The molecule has 106 valence electrons. The molecule has 0 amide bonds. The minimum absolute atomic E-state index is 0.0997. The van der Waals surface area contributed by atoms with E-state index < -0.39 is 6.61 Å². The standard InChI is InChI=1S/C15H21F2NO/c16-14(17)19-12-15(8-10-18-11-9-15)7-6-13-4-2-1-3-5-13/h1-5,14,18H,6-12H2. The Bertz CT molecular complexity index is 364. The number of rotatable bonds is 6. The predicted molar refractivity (Wildman–Crippen MR) is 71.3 cm³/mol. The molecule has 0 unspecified atom stereocenters. The fraction of sp³-hybridized carbons (Fsp3) is 0.600. The second-order valence-electron chi connectivity index (χ2n) is 5.31. The number of piperidine rings is 1. The molecule has 1 N–H and O–H groups in total. The Hall–Kier alpha value is -1.00. The molecule has 1 heterocycles. The summed E-state index contributed by atoms with van der Waals surface area (Å²) in [6.45, 7) is -0.717. The van der Waals surface area contributed by atoms with Gasteiger partial charge in [-0.05, 0) is 49.8 Å². The summed E-state index contributed by atoms with van der Waals surface area (Å²) in [4.78, 5) is 0. The van der Waals surface area contributed by atoms with Gasteiger partial charge in [-0.25, -0.2) is 0 Å². The molecule has 1 aromatic carbocycles. The van der Waals surface area contributed by atoms with E-state index in [9.17, 15) is 8.78 Å². The van der Waals surface area contributed by atoms with Crippen molar-refractivity contribution in [1.82, 2.24) is 5.32 Å². The molecule has 0 aliphatic carbocycles. The van der Waals surface area contributed by atoms with Crippen LogP contribution in [0.1, 0.15) is 24.8 Å². The number of ether oxygens (including phenoxy) is 1. The molecule has 0 bridgehead atoms. The third kappa shape index (κ3) is 4.55. The van der Waals surface area contributed by atoms with E-state index in [1.54, 1.807) is 0 Å². The first-order valence-electron chi connectivity index (χ1n) is 6.85. The zero-order chi connectivity index (χ0) is 13.6. The molecule has 19 heavy (non-hydrogen) atoms. The van der Waals surface area contributed by atoms with E-state index in [4.69, 9.17) is 0 Å². The summed E-state index contributed by atoms with van der Waals surface area (Å²) in [6, 6.07) is 10.2. The van der Waals surface area contributed by atoms with E-state index in [1.807, 2.05) is 18.2 Å². The van der Waals surface area contributed by atoms with Crippen molar-refractivity contribution < 1.29 is 13.5 Å². The van der Waals surface area contributed by atoms with E-state index >= 15 is 0 Å². The van der Waals surface area contributed by atoms with Gasteiger partial charge < -0.3 is 10.1 Å². The van der Waals surface area contributed by atoms with Crippen LogP contribution in [0.4, 0.5) is 8.78 Å². The van der Waals surface area contributed by atoms with Gasteiger partial charge >= 0.3 is 6.61 Å². The highest BCUT2D eigenvalue weighted by molar-refractivity contribution is 5.15. The van der Waals surface area contributed by atoms with Gasteiger partial charge in [-0.15, -0.1) is 0 Å². The van der Waals surface area contributed by atoms with Gasteiger partial charge in [0.25, 0.3) is 0 Å². The maximum atomic E-state index is 12.3. The lowest BCUT2D eigenvalue weighted by Crippen LogP contribution is -2.40. The SMILES string of the molecule is FC(F)OCC1(CCc2ccccc2)CCNCC1. The van der Waals surface area contributed by atoms with Crippen LogP contribution >= 0.6 is 0 Å². The Morgan fingerprint density at radius 1 is 1.16 bits per heavy atom. The van der Waals surface area contributed by atoms with Gasteiger partial charge in [0.2, 0.25) is 0 Å². The van der Waals surface area contributed by atoms with Gasteiger partial charge in [0, 0.05) is 0 Å². The first kappa shape index (κ1) is 14.4. The van der Waals surface area contributed by atoms with Crippen molar-refractivity contribution in [3.63, 3.8) is 0 Å². The highest BCUT2D eigenvalue weighted by Crippen LogP contribution is 2.35. The Kier molecular flexibility index (Phi) is 5.28. The maximum Gasteiger partial charge on any atom is 0.345 e. The normalized spacial score (nSPS) is 18.7. The molecular formula is C15H21F2NO. The summed E-state index contributed by atoms with van der Waals surface area (Å²) < 4.78 is 29.2. The van der Waals surface area contributed by atoms with E-state index in [0.717, 1.165) is 38.8 Å². The van der Waals surface area contributed by atoms with Gasteiger partial charge in [-0.1, -0.05) is 30.3 Å². The molecule has 0 aromatic heterocycles. The number of alkyl halides is 2. The van der Waals surface area contributed by atoms with Crippen molar-refractivity contribution in [3.8, 4) is 0 Å². The molecule has 1 aliphatic rings. The number of hydrogen-bond donors (Lipinski definition) is 1. The van der Waals surface area contributed by atoms with Crippen LogP contribution in [-0.4, -0.2) is 26.3 Å². The molecule has 0 radical (unpaired) electrons. The Labute approximate surface area is 113 Å². The highest BCUT2D eigenvalue weighted by Gasteiger charge is 2.32. The maximum absolute atomic E-state index is 12.3. The predicted octanol–water partition coefficient (Wildman–Crippen LogP) is 3.23. The highest BCUT2D eigenvalue weighted by atomic mass is 19.3. The first-order chi connectivity index (χ1) is 9.20. The Balaban J connectivity index is 1.93. The third-order valence-electron chi connectivity index (χ3n) is 3.97. The molecule has 1 fully saturated rings. The van der Waals surface area contributed by atoms with Crippen LogP contribution in [0.15, 0.2) is 30.3 Å². The zero-order valence-corrected chi connectivity index (χ0v) is 11.1. The molecule has 2 rings (SSSR count). The van der Waals surface area contributed by atoms with E-state index in [2.05, 4.69) is 22.2 Å². The van der Waals surface area contributed by atoms with Gasteiger partial charge in [0.15, 0.2) is 0 Å². The second-order valence-corrected chi connectivity index (χ2v) is 5.31. The largest absolute Gasteiger partial charge is 0.345 e. The Morgan fingerprint density at radius 2 is 1.84 bits per heavy atom. The summed E-state index contributed by atoms with van der Waals surface area (Å²) in [7, 11) is 0. The van der Waals surface area contributed by atoms with Crippen molar-refractivity contribution in [2.45, 2.75) is 32.3 Å². The van der Waals surface area contributed by atoms with E-state index in [1.165, 1.54) is 5.56 Å². The van der Waals surface area contributed by atoms with Crippen LogP contribution in [0.2, 0.25) is 0 Å². The number of benzene rings is 1. The van der Waals surface area contributed by atoms with Crippen LogP contribution < -0.4 is 5.32 Å². The van der Waals surface area contributed by atoms with Crippen molar-refractivity contribution in [3.05, 3.63) is 35.9 Å². The van der Waals surface area contributed by atoms with E-state index in [0.29, 0.717) is 0 Å².